The Bertz CT molecular complexity index is 996. The molecule has 3 N–H and O–H groups in total. The van der Waals surface area contributed by atoms with E-state index >= 15 is 0 Å². The summed E-state index contributed by atoms with van der Waals surface area (Å²) in [5.74, 6) is 2.23. The van der Waals surface area contributed by atoms with Gasteiger partial charge in [-0.2, -0.15) is 5.10 Å². The number of carbonyl (C=O) groups is 1. The highest BCUT2D eigenvalue weighted by Crippen LogP contribution is 2.38. The topological polar surface area (TPSA) is 85.9 Å². The van der Waals surface area contributed by atoms with Gasteiger partial charge in [0.1, 0.15) is 5.82 Å². The summed E-state index contributed by atoms with van der Waals surface area (Å²) in [6.45, 7) is 2.79. The molecule has 7 nitrogen and oxygen atoms in total. The van der Waals surface area contributed by atoms with Gasteiger partial charge >= 0.3 is 6.03 Å². The number of nitrogens with zero attached hydrogens (tertiary/aromatic N) is 3. The number of hydrogen-bond acceptors (Lipinski definition) is 4. The second-order valence-corrected chi connectivity index (χ2v) is 8.20. The Balaban J connectivity index is 1.11. The highest BCUT2D eigenvalue weighted by molar-refractivity contribution is 5.89. The minimum absolute atomic E-state index is 0.164. The molecule has 1 aliphatic carbocycles. The zero-order valence-corrected chi connectivity index (χ0v) is 16.8. The average Bonchev–Trinajstić information content (AvgIpc) is 3.33. The molecule has 2 heterocycles. The fraction of sp³-hybridized carbons (Fsp3) is 0.348. The molecule has 2 amide bonds. The van der Waals surface area contributed by atoms with Gasteiger partial charge in [-0.1, -0.05) is 30.3 Å². The summed E-state index contributed by atoms with van der Waals surface area (Å²) >= 11 is 0. The summed E-state index contributed by atoms with van der Waals surface area (Å²) in [6, 6.07) is 18.1. The first-order valence-electron chi connectivity index (χ1n) is 10.6. The number of aromatic amines is 1. The molecule has 1 aromatic heterocycles. The Morgan fingerprint density at radius 2 is 1.87 bits per heavy atom. The van der Waals surface area contributed by atoms with Crippen LogP contribution >= 0.6 is 0 Å². The van der Waals surface area contributed by atoms with E-state index < -0.39 is 0 Å². The maximum absolute atomic E-state index is 12.4. The molecule has 154 valence electrons. The molecular weight excluding hydrogens is 376 g/mol. The van der Waals surface area contributed by atoms with Crippen LogP contribution < -0.4 is 10.6 Å². The number of aromatic nitrogens is 3. The van der Waals surface area contributed by atoms with E-state index in [0.717, 1.165) is 43.1 Å². The van der Waals surface area contributed by atoms with Crippen molar-refractivity contribution in [1.82, 2.24) is 25.4 Å². The van der Waals surface area contributed by atoms with E-state index in [9.17, 15) is 4.79 Å². The van der Waals surface area contributed by atoms with Gasteiger partial charge in [0.15, 0.2) is 5.82 Å². The van der Waals surface area contributed by atoms with E-state index in [1.165, 1.54) is 18.4 Å². The number of anilines is 1. The quantitative estimate of drug-likeness (QED) is 0.586. The highest BCUT2D eigenvalue weighted by Gasteiger charge is 2.27. The summed E-state index contributed by atoms with van der Waals surface area (Å²) in [5, 5.41) is 13.3. The van der Waals surface area contributed by atoms with Crippen LogP contribution in [-0.2, 0) is 6.54 Å². The molecule has 1 saturated heterocycles. The smallest absolute Gasteiger partial charge is 0.319 e. The number of likely N-dealkylation sites (tertiary alicyclic amines) is 1. The van der Waals surface area contributed by atoms with Gasteiger partial charge in [0.2, 0.25) is 0 Å². The van der Waals surface area contributed by atoms with Gasteiger partial charge in [0, 0.05) is 42.8 Å². The van der Waals surface area contributed by atoms with E-state index in [1.54, 1.807) is 0 Å². The first-order valence-corrected chi connectivity index (χ1v) is 10.6. The molecule has 1 saturated carbocycles. The molecule has 1 aliphatic heterocycles. The number of carbonyl (C=O) groups excluding carboxylic acids is 1. The van der Waals surface area contributed by atoms with Crippen molar-refractivity contribution >= 4 is 11.7 Å². The van der Waals surface area contributed by atoms with Crippen molar-refractivity contribution in [3.05, 3.63) is 66.0 Å². The maximum Gasteiger partial charge on any atom is 0.319 e. The van der Waals surface area contributed by atoms with Crippen LogP contribution in [0.25, 0.3) is 11.4 Å². The number of amides is 2. The summed E-state index contributed by atoms with van der Waals surface area (Å²) in [5.41, 5.74) is 3.00. The van der Waals surface area contributed by atoms with Crippen LogP contribution in [0.1, 0.15) is 36.6 Å². The molecular formula is C23H26N6O. The van der Waals surface area contributed by atoms with Crippen LogP contribution in [0.3, 0.4) is 0 Å². The number of rotatable bonds is 6. The van der Waals surface area contributed by atoms with E-state index in [0.29, 0.717) is 11.7 Å². The molecule has 2 aliphatic rings. The summed E-state index contributed by atoms with van der Waals surface area (Å²) < 4.78 is 0. The summed E-state index contributed by atoms with van der Waals surface area (Å²) in [6.07, 6.45) is 3.35. The van der Waals surface area contributed by atoms with E-state index in [2.05, 4.69) is 55.0 Å². The Labute approximate surface area is 175 Å². The van der Waals surface area contributed by atoms with Crippen LogP contribution in [0, 0.1) is 0 Å². The van der Waals surface area contributed by atoms with Gasteiger partial charge in [0.05, 0.1) is 0 Å². The van der Waals surface area contributed by atoms with Crippen molar-refractivity contribution in [2.45, 2.75) is 37.8 Å². The SMILES string of the molecule is O=C(Nc1ccc(-c2n[nH]c(C3CC3)n2)cc1)NC1CCN(Cc2ccccc2)C1. The average molecular weight is 403 g/mol. The van der Waals surface area contributed by atoms with Crippen molar-refractivity contribution in [3.63, 3.8) is 0 Å². The molecule has 2 aromatic carbocycles. The van der Waals surface area contributed by atoms with Crippen molar-refractivity contribution in [2.24, 2.45) is 0 Å². The van der Waals surface area contributed by atoms with Crippen LogP contribution in [0.5, 0.6) is 0 Å². The van der Waals surface area contributed by atoms with Gasteiger partial charge in [-0.3, -0.25) is 10.00 Å². The monoisotopic (exact) mass is 402 g/mol. The first kappa shape index (κ1) is 18.8. The van der Waals surface area contributed by atoms with E-state index in [4.69, 9.17) is 0 Å². The Hall–Kier alpha value is -3.19. The second-order valence-electron chi connectivity index (χ2n) is 8.20. The fourth-order valence-corrected chi connectivity index (χ4v) is 3.93. The molecule has 0 bridgehead atoms. The van der Waals surface area contributed by atoms with Crippen LogP contribution in [0.15, 0.2) is 54.6 Å². The van der Waals surface area contributed by atoms with Crippen LogP contribution in [0.4, 0.5) is 10.5 Å². The Morgan fingerprint density at radius 3 is 2.63 bits per heavy atom. The van der Waals surface area contributed by atoms with Crippen LogP contribution in [0.2, 0.25) is 0 Å². The Kier molecular flexibility index (Phi) is 5.19. The highest BCUT2D eigenvalue weighted by atomic mass is 16.2. The van der Waals surface area contributed by atoms with Gasteiger partial charge in [-0.15, -0.1) is 0 Å². The third-order valence-corrected chi connectivity index (χ3v) is 5.72. The molecule has 5 rings (SSSR count). The molecule has 1 atom stereocenters. The number of urea groups is 1. The molecule has 30 heavy (non-hydrogen) atoms. The molecule has 3 aromatic rings. The zero-order valence-electron chi connectivity index (χ0n) is 16.8. The van der Waals surface area contributed by atoms with Gasteiger partial charge in [0.25, 0.3) is 0 Å². The van der Waals surface area contributed by atoms with Crippen molar-refractivity contribution in [2.75, 3.05) is 18.4 Å². The predicted octanol–water partition coefficient (Wildman–Crippen LogP) is 3.75. The zero-order chi connectivity index (χ0) is 20.3. The largest absolute Gasteiger partial charge is 0.334 e. The normalized spacial score (nSPS) is 19.0. The number of nitrogens with one attached hydrogen (secondary N) is 3. The van der Waals surface area contributed by atoms with Crippen molar-refractivity contribution < 1.29 is 4.79 Å². The van der Waals surface area contributed by atoms with Gasteiger partial charge < -0.3 is 10.6 Å². The lowest BCUT2D eigenvalue weighted by molar-refractivity contribution is 0.247. The Morgan fingerprint density at radius 1 is 1.07 bits per heavy atom. The third-order valence-electron chi connectivity index (χ3n) is 5.72. The standard InChI is InChI=1S/C23H26N6O/c30-23(25-20-12-13-29(15-20)14-16-4-2-1-3-5-16)24-19-10-8-18(9-11-19)22-26-21(27-28-22)17-6-7-17/h1-5,8-11,17,20H,6-7,12-15H2,(H2,24,25,30)(H,26,27,28). The molecule has 2 fully saturated rings. The molecule has 7 heteroatoms. The summed E-state index contributed by atoms with van der Waals surface area (Å²) in [7, 11) is 0. The van der Waals surface area contributed by atoms with E-state index in [-0.39, 0.29) is 12.1 Å². The molecule has 0 spiro atoms. The first-order chi connectivity index (χ1) is 14.7. The van der Waals surface area contributed by atoms with Crippen LogP contribution in [-0.4, -0.2) is 45.2 Å². The lowest BCUT2D eigenvalue weighted by Gasteiger charge is -2.17. The van der Waals surface area contributed by atoms with Crippen molar-refractivity contribution in [1.29, 1.82) is 0 Å². The lowest BCUT2D eigenvalue weighted by atomic mass is 10.2. The third kappa shape index (κ3) is 4.52. The molecule has 0 radical (unpaired) electrons. The maximum atomic E-state index is 12.4. The number of H-pyrrole nitrogens is 1. The molecule has 1 unspecified atom stereocenters. The van der Waals surface area contributed by atoms with Crippen molar-refractivity contribution in [3.8, 4) is 11.4 Å². The number of hydrogen-bond donors (Lipinski definition) is 3. The lowest BCUT2D eigenvalue weighted by Crippen LogP contribution is -2.39. The minimum Gasteiger partial charge on any atom is -0.334 e. The van der Waals surface area contributed by atoms with E-state index in [1.807, 2.05) is 30.3 Å². The fourth-order valence-electron chi connectivity index (χ4n) is 3.93. The predicted molar refractivity (Wildman–Crippen MR) is 116 cm³/mol. The van der Waals surface area contributed by atoms with Gasteiger partial charge in [-0.05, 0) is 49.1 Å². The summed E-state index contributed by atoms with van der Waals surface area (Å²) in [4.78, 5) is 19.3. The number of benzene rings is 2. The second kappa shape index (κ2) is 8.28. The minimum atomic E-state index is -0.164. The van der Waals surface area contributed by atoms with Gasteiger partial charge in [-0.25, -0.2) is 9.78 Å².